The van der Waals surface area contributed by atoms with E-state index in [1.807, 2.05) is 0 Å². The molecule has 0 aromatic carbocycles. The van der Waals surface area contributed by atoms with Crippen LogP contribution in [0, 0.1) is 5.41 Å². The predicted octanol–water partition coefficient (Wildman–Crippen LogP) is 11.4. The first kappa shape index (κ1) is 29.0. The molecule has 0 saturated carbocycles. The molecule has 29 heavy (non-hydrogen) atoms. The summed E-state index contributed by atoms with van der Waals surface area (Å²) < 4.78 is 0. The van der Waals surface area contributed by atoms with Gasteiger partial charge in [-0.15, -0.1) is 0 Å². The van der Waals surface area contributed by atoms with Crippen LogP contribution in [0.25, 0.3) is 0 Å². The van der Waals surface area contributed by atoms with Crippen LogP contribution in [0.5, 0.6) is 0 Å². The molecule has 0 aliphatic carbocycles. The first-order chi connectivity index (χ1) is 14.1. The van der Waals surface area contributed by atoms with Crippen LogP contribution in [-0.4, -0.2) is 0 Å². The van der Waals surface area contributed by atoms with Gasteiger partial charge in [-0.05, 0) is 18.3 Å². The Hall–Kier alpha value is 0. The Kier molecular flexibility index (Phi) is 22.7. The van der Waals surface area contributed by atoms with Gasteiger partial charge in [0.25, 0.3) is 0 Å². The summed E-state index contributed by atoms with van der Waals surface area (Å²) in [6.07, 6.45) is 35.0. The fourth-order valence-corrected chi connectivity index (χ4v) is 4.66. The second-order valence-electron chi connectivity index (χ2n) is 10.7. The fourth-order valence-electron chi connectivity index (χ4n) is 4.66. The van der Waals surface area contributed by atoms with Crippen molar-refractivity contribution in [2.45, 2.75) is 182 Å². The van der Waals surface area contributed by atoms with Gasteiger partial charge in [-0.1, -0.05) is 169 Å². The van der Waals surface area contributed by atoms with Crippen molar-refractivity contribution in [1.29, 1.82) is 0 Å². The van der Waals surface area contributed by atoms with Crippen molar-refractivity contribution in [3.8, 4) is 0 Å². The van der Waals surface area contributed by atoms with Gasteiger partial charge in [0.05, 0.1) is 0 Å². The molecule has 0 rings (SSSR count). The molecule has 0 aliphatic rings. The highest BCUT2D eigenvalue weighted by Gasteiger charge is 2.16. The molecule has 0 bridgehead atoms. The Morgan fingerprint density at radius 3 is 0.759 bits per heavy atom. The molecule has 176 valence electrons. The molecule has 0 unspecified atom stereocenters. The highest BCUT2D eigenvalue weighted by molar-refractivity contribution is 4.68. The van der Waals surface area contributed by atoms with Crippen molar-refractivity contribution < 1.29 is 0 Å². The minimum absolute atomic E-state index is 0.583. The Morgan fingerprint density at radius 2 is 0.517 bits per heavy atom. The molecule has 0 amide bonds. The lowest BCUT2D eigenvalue weighted by Gasteiger charge is -2.24. The Morgan fingerprint density at radius 1 is 0.310 bits per heavy atom. The molecule has 0 heterocycles. The van der Waals surface area contributed by atoms with Crippen molar-refractivity contribution in [3.63, 3.8) is 0 Å². The molecular weight excluding hydrogens is 348 g/mol. The maximum absolute atomic E-state index is 2.51. The smallest absolute Gasteiger partial charge is 0.0354 e. The zero-order valence-corrected chi connectivity index (χ0v) is 21.5. The highest BCUT2D eigenvalue weighted by Crippen LogP contribution is 2.30. The Balaban J connectivity index is 3.27. The van der Waals surface area contributed by atoms with Crippen LogP contribution in [-0.2, 0) is 0 Å². The second kappa shape index (κ2) is 22.7. The average Bonchev–Trinajstić information content (AvgIpc) is 2.70. The van der Waals surface area contributed by atoms with E-state index in [4.69, 9.17) is 0 Å². The van der Waals surface area contributed by atoms with Gasteiger partial charge in [-0.3, -0.25) is 0 Å². The summed E-state index contributed by atoms with van der Waals surface area (Å²) in [5.41, 5.74) is 0.583. The minimum Gasteiger partial charge on any atom is -0.0654 e. The van der Waals surface area contributed by atoms with Crippen molar-refractivity contribution in [2.75, 3.05) is 0 Å². The summed E-state index contributed by atoms with van der Waals surface area (Å²) in [5.74, 6) is 0. The van der Waals surface area contributed by atoms with Crippen LogP contribution in [0.2, 0.25) is 0 Å². The first-order valence-corrected chi connectivity index (χ1v) is 14.1. The molecule has 0 aromatic rings. The molecule has 0 N–H and O–H groups in total. The molecule has 0 atom stereocenters. The monoisotopic (exact) mass is 408 g/mol. The van der Waals surface area contributed by atoms with Gasteiger partial charge in [0, 0.05) is 0 Å². The number of hydrogen-bond acceptors (Lipinski definition) is 0. The third-order valence-electron chi connectivity index (χ3n) is 6.91. The van der Waals surface area contributed by atoms with Gasteiger partial charge >= 0.3 is 0 Å². The second-order valence-corrected chi connectivity index (χ2v) is 10.7. The molecule has 0 saturated heterocycles. The third-order valence-corrected chi connectivity index (χ3v) is 6.91. The van der Waals surface area contributed by atoms with E-state index < -0.39 is 0 Å². The lowest BCUT2D eigenvalue weighted by molar-refractivity contribution is 0.282. The lowest BCUT2D eigenvalue weighted by Crippen LogP contribution is -2.11. The zero-order valence-electron chi connectivity index (χ0n) is 21.5. The van der Waals surface area contributed by atoms with E-state index in [0.29, 0.717) is 5.41 Å². The van der Waals surface area contributed by atoms with E-state index in [2.05, 4.69) is 27.7 Å². The van der Waals surface area contributed by atoms with E-state index in [0.717, 1.165) is 0 Å². The molecular formula is C29H60. The SMILES string of the molecule is CCCCCCCCCCCCCCCCC(C)(C)CCCCCCCCCC. The van der Waals surface area contributed by atoms with Crippen LogP contribution < -0.4 is 0 Å². The first-order valence-electron chi connectivity index (χ1n) is 14.1. The van der Waals surface area contributed by atoms with E-state index in [9.17, 15) is 0 Å². The van der Waals surface area contributed by atoms with Gasteiger partial charge in [0.2, 0.25) is 0 Å². The number of unbranched alkanes of at least 4 members (excludes halogenated alkanes) is 20. The van der Waals surface area contributed by atoms with Crippen LogP contribution >= 0.6 is 0 Å². The minimum atomic E-state index is 0.583. The number of hydrogen-bond donors (Lipinski definition) is 0. The average molecular weight is 409 g/mol. The maximum Gasteiger partial charge on any atom is -0.0354 e. The molecule has 0 heteroatoms. The topological polar surface area (TPSA) is 0 Å². The summed E-state index contributed by atoms with van der Waals surface area (Å²) in [5, 5.41) is 0. The van der Waals surface area contributed by atoms with E-state index in [1.165, 1.54) is 154 Å². The Bertz CT molecular complexity index is 290. The summed E-state index contributed by atoms with van der Waals surface area (Å²) in [7, 11) is 0. The van der Waals surface area contributed by atoms with E-state index in [-0.39, 0.29) is 0 Å². The van der Waals surface area contributed by atoms with Gasteiger partial charge in [0.15, 0.2) is 0 Å². The molecule has 0 fully saturated rings. The summed E-state index contributed by atoms with van der Waals surface area (Å²) in [4.78, 5) is 0. The summed E-state index contributed by atoms with van der Waals surface area (Å²) in [6, 6.07) is 0. The molecule has 0 aromatic heterocycles. The highest BCUT2D eigenvalue weighted by atomic mass is 14.2. The van der Waals surface area contributed by atoms with Gasteiger partial charge in [0.1, 0.15) is 0 Å². The predicted molar refractivity (Wildman–Crippen MR) is 136 cm³/mol. The summed E-state index contributed by atoms with van der Waals surface area (Å²) >= 11 is 0. The maximum atomic E-state index is 2.51. The molecule has 0 aliphatic heterocycles. The Labute approximate surface area is 187 Å². The molecule has 0 radical (unpaired) electrons. The quantitative estimate of drug-likeness (QED) is 0.139. The zero-order chi connectivity index (χ0) is 21.5. The van der Waals surface area contributed by atoms with Crippen LogP contribution in [0.3, 0.4) is 0 Å². The van der Waals surface area contributed by atoms with Gasteiger partial charge in [-0.25, -0.2) is 0 Å². The standard InChI is InChI=1S/C29H60/c1-5-7-9-11-13-15-16-17-18-19-20-22-24-26-28-29(3,4)27-25-23-21-14-12-10-8-6-2/h5-28H2,1-4H3. The fraction of sp³-hybridized carbons (Fsp3) is 1.00. The van der Waals surface area contributed by atoms with Gasteiger partial charge < -0.3 is 0 Å². The van der Waals surface area contributed by atoms with Crippen molar-refractivity contribution in [1.82, 2.24) is 0 Å². The third kappa shape index (κ3) is 24.1. The van der Waals surface area contributed by atoms with Crippen molar-refractivity contribution in [2.24, 2.45) is 5.41 Å². The number of rotatable bonds is 24. The largest absolute Gasteiger partial charge is 0.0654 e. The van der Waals surface area contributed by atoms with Crippen LogP contribution in [0.1, 0.15) is 182 Å². The molecule has 0 nitrogen and oxygen atoms in total. The van der Waals surface area contributed by atoms with Gasteiger partial charge in [-0.2, -0.15) is 0 Å². The summed E-state index contributed by atoms with van der Waals surface area (Å²) in [6.45, 7) is 9.63. The van der Waals surface area contributed by atoms with Crippen molar-refractivity contribution >= 4 is 0 Å². The van der Waals surface area contributed by atoms with E-state index >= 15 is 0 Å². The van der Waals surface area contributed by atoms with Crippen LogP contribution in [0.4, 0.5) is 0 Å². The van der Waals surface area contributed by atoms with Crippen molar-refractivity contribution in [3.05, 3.63) is 0 Å². The lowest BCUT2D eigenvalue weighted by atomic mass is 9.82. The molecule has 0 spiro atoms. The van der Waals surface area contributed by atoms with E-state index in [1.54, 1.807) is 0 Å². The van der Waals surface area contributed by atoms with Crippen LogP contribution in [0.15, 0.2) is 0 Å². The normalized spacial score (nSPS) is 12.0.